The van der Waals surface area contributed by atoms with Crippen molar-refractivity contribution < 1.29 is 42.1 Å². The molecule has 2 unspecified atom stereocenters. The molecular formula is C74H129NO8P+. The summed E-state index contributed by atoms with van der Waals surface area (Å²) in [5.41, 5.74) is 0. The number of allylic oxidation sites excluding steroid dienone is 20. The van der Waals surface area contributed by atoms with Crippen LogP contribution in [0.1, 0.15) is 284 Å². The summed E-state index contributed by atoms with van der Waals surface area (Å²) in [6, 6.07) is 0. The van der Waals surface area contributed by atoms with Crippen LogP contribution in [0, 0.1) is 0 Å². The number of quaternary nitrogens is 1. The van der Waals surface area contributed by atoms with E-state index in [4.69, 9.17) is 18.5 Å². The van der Waals surface area contributed by atoms with Crippen molar-refractivity contribution in [3.8, 4) is 0 Å². The average molecular weight is 1190 g/mol. The largest absolute Gasteiger partial charge is 0.472 e. The van der Waals surface area contributed by atoms with E-state index in [0.717, 1.165) is 109 Å². The molecule has 0 aromatic carbocycles. The van der Waals surface area contributed by atoms with Gasteiger partial charge in [0.05, 0.1) is 27.7 Å². The van der Waals surface area contributed by atoms with Crippen molar-refractivity contribution in [2.45, 2.75) is 290 Å². The highest BCUT2D eigenvalue weighted by Gasteiger charge is 2.27. The van der Waals surface area contributed by atoms with Gasteiger partial charge in [-0.05, 0) is 103 Å². The minimum atomic E-state index is -4.40. The molecule has 0 bridgehead atoms. The van der Waals surface area contributed by atoms with Crippen LogP contribution in [0.3, 0.4) is 0 Å². The Hall–Kier alpha value is -3.59. The molecule has 0 rings (SSSR count). The number of rotatable bonds is 62. The van der Waals surface area contributed by atoms with Crippen molar-refractivity contribution >= 4 is 19.8 Å². The Balaban J connectivity index is 4.00. The second-order valence-electron chi connectivity index (χ2n) is 23.8. The zero-order valence-electron chi connectivity index (χ0n) is 54.9. The molecule has 0 aliphatic rings. The molecule has 0 spiro atoms. The molecule has 482 valence electrons. The predicted molar refractivity (Wildman–Crippen MR) is 362 cm³/mol. The van der Waals surface area contributed by atoms with Gasteiger partial charge in [0.2, 0.25) is 0 Å². The molecule has 0 aromatic rings. The van der Waals surface area contributed by atoms with Crippen LogP contribution in [0.5, 0.6) is 0 Å². The lowest BCUT2D eigenvalue weighted by molar-refractivity contribution is -0.870. The fourth-order valence-electron chi connectivity index (χ4n) is 9.31. The van der Waals surface area contributed by atoms with Gasteiger partial charge in [0.25, 0.3) is 0 Å². The first-order valence-corrected chi connectivity index (χ1v) is 35.8. The van der Waals surface area contributed by atoms with E-state index in [-0.39, 0.29) is 32.0 Å². The second kappa shape index (κ2) is 63.9. The van der Waals surface area contributed by atoms with Crippen molar-refractivity contribution in [3.63, 3.8) is 0 Å². The van der Waals surface area contributed by atoms with Gasteiger partial charge in [-0.1, -0.05) is 289 Å². The predicted octanol–water partition coefficient (Wildman–Crippen LogP) is 22.3. The van der Waals surface area contributed by atoms with E-state index < -0.39 is 26.5 Å². The third kappa shape index (κ3) is 67.5. The van der Waals surface area contributed by atoms with Gasteiger partial charge in [0, 0.05) is 12.8 Å². The first-order chi connectivity index (χ1) is 41.0. The lowest BCUT2D eigenvalue weighted by Crippen LogP contribution is -2.37. The number of esters is 2. The molecule has 84 heavy (non-hydrogen) atoms. The molecule has 0 amide bonds. The number of hydrogen-bond donors (Lipinski definition) is 1. The Morgan fingerprint density at radius 1 is 0.369 bits per heavy atom. The Bertz CT molecular complexity index is 1830. The molecule has 0 radical (unpaired) electrons. The molecule has 0 saturated heterocycles. The molecular weight excluding hydrogens is 1060 g/mol. The number of phosphoric ester groups is 1. The summed E-state index contributed by atoms with van der Waals surface area (Å²) in [6.45, 7) is 4.20. The number of ether oxygens (including phenoxy) is 2. The van der Waals surface area contributed by atoms with Crippen LogP contribution in [0.4, 0.5) is 0 Å². The van der Waals surface area contributed by atoms with Crippen molar-refractivity contribution in [2.75, 3.05) is 47.5 Å². The maximum atomic E-state index is 12.9. The lowest BCUT2D eigenvalue weighted by Gasteiger charge is -2.24. The number of carbonyl (C=O) groups is 2. The molecule has 0 fully saturated rings. The minimum absolute atomic E-state index is 0.0245. The van der Waals surface area contributed by atoms with E-state index in [0.29, 0.717) is 23.9 Å². The van der Waals surface area contributed by atoms with E-state index in [1.165, 1.54) is 135 Å². The Morgan fingerprint density at radius 2 is 0.643 bits per heavy atom. The molecule has 0 heterocycles. The standard InChI is InChI=1S/C74H128NO8P/c1-6-8-10-12-14-16-18-20-22-24-26-28-29-30-31-32-33-34-35-36-37-38-39-40-41-42-43-44-45-47-49-51-53-55-57-59-61-63-65-67-74(77)83-72(71-82-84(78,79)81-69-68-75(3,4)5)70-80-73(76)66-64-62-60-58-56-54-52-50-48-46-27-25-23-21-19-17-15-13-11-9-7-2/h8-11,14-17,20-23,26-28,30-31,46,50,52,72H,6-7,12-13,18-19,24-25,29,32-45,47-49,51,53-71H2,1-5H3/p+1/b10-8-,11-9-,16-14-,17-15-,22-20-,23-21-,28-26-,31-30-,46-27-,52-50-. The number of phosphoric acid groups is 1. The van der Waals surface area contributed by atoms with Gasteiger partial charge in [-0.3, -0.25) is 18.6 Å². The van der Waals surface area contributed by atoms with Crippen molar-refractivity contribution in [2.24, 2.45) is 0 Å². The van der Waals surface area contributed by atoms with Gasteiger partial charge in [-0.15, -0.1) is 0 Å². The number of nitrogens with zero attached hydrogens (tertiary/aromatic N) is 1. The van der Waals surface area contributed by atoms with Crippen LogP contribution in [0.25, 0.3) is 0 Å². The smallest absolute Gasteiger partial charge is 0.462 e. The van der Waals surface area contributed by atoms with Gasteiger partial charge in [-0.2, -0.15) is 0 Å². The molecule has 9 nitrogen and oxygen atoms in total. The Morgan fingerprint density at radius 3 is 0.952 bits per heavy atom. The van der Waals surface area contributed by atoms with Gasteiger partial charge >= 0.3 is 19.8 Å². The fraction of sp³-hybridized carbons (Fsp3) is 0.703. The number of carbonyl (C=O) groups excluding carboxylic acids is 2. The molecule has 0 aromatic heterocycles. The van der Waals surface area contributed by atoms with E-state index in [1.54, 1.807) is 0 Å². The van der Waals surface area contributed by atoms with Crippen LogP contribution in [0.2, 0.25) is 0 Å². The summed E-state index contributed by atoms with van der Waals surface area (Å²) in [5.74, 6) is -0.816. The fourth-order valence-corrected chi connectivity index (χ4v) is 10.0. The van der Waals surface area contributed by atoms with Gasteiger partial charge in [-0.25, -0.2) is 4.57 Å². The van der Waals surface area contributed by atoms with E-state index in [1.807, 2.05) is 21.1 Å². The number of unbranched alkanes of at least 4 members (excludes halogenated alkanes) is 28. The zero-order valence-corrected chi connectivity index (χ0v) is 55.7. The SMILES string of the molecule is CC/C=C\C/C=C\C/C=C\C/C=C\C/C=C\CCCCCCCCCCCCCCCCCCCCCCCCCC(=O)OC(COC(=O)CCCCCCC/C=C\C/C=C\C/C=C\C/C=C\C/C=C\CC)COP(=O)(O)OCC[N+](C)(C)C. The van der Waals surface area contributed by atoms with Crippen LogP contribution < -0.4 is 0 Å². The number of hydrogen-bond acceptors (Lipinski definition) is 7. The molecule has 1 N–H and O–H groups in total. The molecule has 2 atom stereocenters. The molecule has 0 aliphatic carbocycles. The summed E-state index contributed by atoms with van der Waals surface area (Å²) in [7, 11) is 1.46. The normalized spacial score (nSPS) is 13.9. The summed E-state index contributed by atoms with van der Waals surface area (Å²) in [5, 5.41) is 0. The summed E-state index contributed by atoms with van der Waals surface area (Å²) >= 11 is 0. The quantitative estimate of drug-likeness (QED) is 0.0211. The van der Waals surface area contributed by atoms with Gasteiger partial charge in [0.15, 0.2) is 6.10 Å². The van der Waals surface area contributed by atoms with E-state index in [2.05, 4.69) is 135 Å². The maximum absolute atomic E-state index is 12.9. The third-order valence-electron chi connectivity index (χ3n) is 14.5. The van der Waals surface area contributed by atoms with Crippen molar-refractivity contribution in [1.82, 2.24) is 0 Å². The van der Waals surface area contributed by atoms with Crippen molar-refractivity contribution in [3.05, 3.63) is 122 Å². The molecule has 0 aliphatic heterocycles. The Kier molecular flexibility index (Phi) is 61.2. The maximum Gasteiger partial charge on any atom is 0.472 e. The average Bonchev–Trinajstić information content (AvgIpc) is 3.61. The van der Waals surface area contributed by atoms with Crippen LogP contribution in [-0.2, 0) is 32.7 Å². The first kappa shape index (κ1) is 80.4. The third-order valence-corrected chi connectivity index (χ3v) is 15.5. The highest BCUT2D eigenvalue weighted by molar-refractivity contribution is 7.47. The van der Waals surface area contributed by atoms with Crippen LogP contribution >= 0.6 is 7.82 Å². The molecule has 10 heteroatoms. The van der Waals surface area contributed by atoms with Crippen molar-refractivity contribution in [1.29, 1.82) is 0 Å². The number of likely N-dealkylation sites (N-methyl/N-ethyl adjacent to an activating group) is 1. The summed E-state index contributed by atoms with van der Waals surface area (Å²) in [4.78, 5) is 35.8. The summed E-state index contributed by atoms with van der Waals surface area (Å²) in [6.07, 6.45) is 91.7. The highest BCUT2D eigenvalue weighted by atomic mass is 31.2. The Labute approximate surface area is 518 Å². The second-order valence-corrected chi connectivity index (χ2v) is 25.3. The summed E-state index contributed by atoms with van der Waals surface area (Å²) < 4.78 is 34.7. The van der Waals surface area contributed by atoms with E-state index >= 15 is 0 Å². The molecule has 0 saturated carbocycles. The van der Waals surface area contributed by atoms with Gasteiger partial charge in [0.1, 0.15) is 19.8 Å². The van der Waals surface area contributed by atoms with E-state index in [9.17, 15) is 19.0 Å². The highest BCUT2D eigenvalue weighted by Crippen LogP contribution is 2.43. The van der Waals surface area contributed by atoms with Crippen LogP contribution in [0.15, 0.2) is 122 Å². The minimum Gasteiger partial charge on any atom is -0.462 e. The zero-order chi connectivity index (χ0) is 61.2. The monoisotopic (exact) mass is 1190 g/mol. The van der Waals surface area contributed by atoms with Gasteiger partial charge < -0.3 is 18.9 Å². The lowest BCUT2D eigenvalue weighted by atomic mass is 10.0. The topological polar surface area (TPSA) is 108 Å². The first-order valence-electron chi connectivity index (χ1n) is 34.3. The van der Waals surface area contributed by atoms with Crippen LogP contribution in [-0.4, -0.2) is 74.9 Å².